The summed E-state index contributed by atoms with van der Waals surface area (Å²) in [6.45, 7) is 5.98. The largest absolute Gasteiger partial charge is 0.492 e. The predicted molar refractivity (Wildman–Crippen MR) is 132 cm³/mol. The molecular weight excluding hydrogens is 428 g/mol. The Balaban J connectivity index is 1.27. The molecule has 0 fully saturated rings. The molecule has 178 valence electrons. The van der Waals surface area contributed by atoms with Gasteiger partial charge in [-0.05, 0) is 48.6 Å². The van der Waals surface area contributed by atoms with Gasteiger partial charge in [-0.25, -0.2) is 4.98 Å². The van der Waals surface area contributed by atoms with Gasteiger partial charge < -0.3 is 19.5 Å². The molecule has 0 aliphatic heterocycles. The molecule has 1 aliphatic carbocycles. The number of amides is 1. The maximum atomic E-state index is 12.3. The second-order valence-corrected chi connectivity index (χ2v) is 9.16. The Morgan fingerprint density at radius 1 is 1.18 bits per heavy atom. The Morgan fingerprint density at radius 2 is 2.03 bits per heavy atom. The standard InChI is InChI=1S/C27H32N4O3/c1-27(2,22-8-4-3-5-9-22)19-29-26(32)18-34-30-25-10-6-7-21-17-23(11-12-24(21)25)33-16-15-31-14-13-28-20-31/h3-5,8-9,11-14,17,20H,6-7,10,15-16,18-19H2,1-2H3,(H,29,32). The molecule has 1 heterocycles. The van der Waals surface area contributed by atoms with Gasteiger partial charge >= 0.3 is 0 Å². The smallest absolute Gasteiger partial charge is 0.260 e. The van der Waals surface area contributed by atoms with Crippen molar-refractivity contribution in [1.82, 2.24) is 14.9 Å². The van der Waals surface area contributed by atoms with E-state index in [4.69, 9.17) is 9.57 Å². The van der Waals surface area contributed by atoms with Gasteiger partial charge in [-0.1, -0.05) is 49.3 Å². The molecule has 0 spiro atoms. The summed E-state index contributed by atoms with van der Waals surface area (Å²) in [7, 11) is 0. The van der Waals surface area contributed by atoms with Gasteiger partial charge in [0, 0.05) is 29.9 Å². The van der Waals surface area contributed by atoms with E-state index in [9.17, 15) is 4.79 Å². The molecule has 1 aromatic heterocycles. The van der Waals surface area contributed by atoms with Crippen LogP contribution in [0.5, 0.6) is 5.75 Å². The van der Waals surface area contributed by atoms with Crippen molar-refractivity contribution in [1.29, 1.82) is 0 Å². The first-order valence-electron chi connectivity index (χ1n) is 11.7. The SMILES string of the molecule is CC(C)(CNC(=O)CON=C1CCCc2cc(OCCn3ccnc3)ccc21)c1ccccc1. The van der Waals surface area contributed by atoms with E-state index in [1.165, 1.54) is 11.1 Å². The van der Waals surface area contributed by atoms with E-state index < -0.39 is 0 Å². The number of ether oxygens (including phenoxy) is 1. The second-order valence-electron chi connectivity index (χ2n) is 9.16. The summed E-state index contributed by atoms with van der Waals surface area (Å²) in [6.07, 6.45) is 8.26. The lowest BCUT2D eigenvalue weighted by molar-refractivity contribution is -0.125. The maximum Gasteiger partial charge on any atom is 0.260 e. The number of rotatable bonds is 10. The zero-order valence-corrected chi connectivity index (χ0v) is 19.9. The molecule has 7 nitrogen and oxygen atoms in total. The lowest BCUT2D eigenvalue weighted by Crippen LogP contribution is -2.38. The molecule has 3 aromatic rings. The van der Waals surface area contributed by atoms with Crippen molar-refractivity contribution in [2.75, 3.05) is 19.8 Å². The van der Waals surface area contributed by atoms with Crippen LogP contribution in [0, 0.1) is 0 Å². The minimum Gasteiger partial charge on any atom is -0.492 e. The molecule has 0 unspecified atom stereocenters. The molecule has 0 atom stereocenters. The average molecular weight is 461 g/mol. The zero-order valence-electron chi connectivity index (χ0n) is 19.9. The molecular formula is C27H32N4O3. The van der Waals surface area contributed by atoms with Crippen LogP contribution in [-0.4, -0.2) is 40.9 Å². The highest BCUT2D eigenvalue weighted by molar-refractivity contribution is 6.02. The molecule has 4 rings (SSSR count). The van der Waals surface area contributed by atoms with Crippen LogP contribution in [0.3, 0.4) is 0 Å². The minimum atomic E-state index is -0.175. The molecule has 1 N–H and O–H groups in total. The number of hydrogen-bond donors (Lipinski definition) is 1. The fourth-order valence-electron chi connectivity index (χ4n) is 4.04. The average Bonchev–Trinajstić information content (AvgIpc) is 3.37. The summed E-state index contributed by atoms with van der Waals surface area (Å²) >= 11 is 0. The lowest BCUT2D eigenvalue weighted by atomic mass is 9.84. The number of oxime groups is 1. The topological polar surface area (TPSA) is 77.7 Å². The highest BCUT2D eigenvalue weighted by atomic mass is 16.6. The first kappa shape index (κ1) is 23.5. The van der Waals surface area contributed by atoms with Gasteiger partial charge in [0.05, 0.1) is 18.6 Å². The van der Waals surface area contributed by atoms with Crippen molar-refractivity contribution in [3.05, 3.63) is 83.9 Å². The van der Waals surface area contributed by atoms with E-state index in [1.54, 1.807) is 12.5 Å². The number of carbonyl (C=O) groups is 1. The Labute approximate surface area is 200 Å². The van der Waals surface area contributed by atoms with Gasteiger partial charge in [-0.15, -0.1) is 0 Å². The molecule has 2 aromatic carbocycles. The van der Waals surface area contributed by atoms with Crippen LogP contribution in [0.1, 0.15) is 43.4 Å². The number of imidazole rings is 1. The van der Waals surface area contributed by atoms with Gasteiger partial charge in [-0.3, -0.25) is 4.79 Å². The molecule has 1 amide bonds. The van der Waals surface area contributed by atoms with Gasteiger partial charge in [0.25, 0.3) is 5.91 Å². The number of carbonyl (C=O) groups excluding carboxylic acids is 1. The molecule has 0 bridgehead atoms. The fourth-order valence-corrected chi connectivity index (χ4v) is 4.04. The van der Waals surface area contributed by atoms with Crippen LogP contribution in [0.15, 0.2) is 72.4 Å². The highest BCUT2D eigenvalue weighted by Crippen LogP contribution is 2.26. The predicted octanol–water partition coefficient (Wildman–Crippen LogP) is 4.11. The van der Waals surface area contributed by atoms with Crippen LogP contribution in [-0.2, 0) is 28.0 Å². The Kier molecular flexibility index (Phi) is 7.62. The third-order valence-corrected chi connectivity index (χ3v) is 6.08. The Bertz CT molecular complexity index is 1110. The molecule has 0 radical (unpaired) electrons. The van der Waals surface area contributed by atoms with Crippen LogP contribution in [0.2, 0.25) is 0 Å². The van der Waals surface area contributed by atoms with E-state index >= 15 is 0 Å². The monoisotopic (exact) mass is 460 g/mol. The summed E-state index contributed by atoms with van der Waals surface area (Å²) < 4.78 is 7.89. The number of nitrogens with one attached hydrogen (secondary N) is 1. The van der Waals surface area contributed by atoms with Gasteiger partial charge in [0.2, 0.25) is 0 Å². The van der Waals surface area contributed by atoms with Crippen LogP contribution < -0.4 is 10.1 Å². The first-order valence-corrected chi connectivity index (χ1v) is 11.7. The summed E-state index contributed by atoms with van der Waals surface area (Å²) in [4.78, 5) is 21.8. The Morgan fingerprint density at radius 3 is 2.82 bits per heavy atom. The molecule has 0 saturated carbocycles. The Hall–Kier alpha value is -3.61. The second kappa shape index (κ2) is 11.0. The van der Waals surface area contributed by atoms with E-state index in [0.717, 1.165) is 42.8 Å². The highest BCUT2D eigenvalue weighted by Gasteiger charge is 2.21. The summed E-state index contributed by atoms with van der Waals surface area (Å²) in [5.41, 5.74) is 4.16. The van der Waals surface area contributed by atoms with Crippen molar-refractivity contribution < 1.29 is 14.4 Å². The first-order chi connectivity index (χ1) is 16.5. The van der Waals surface area contributed by atoms with Crippen LogP contribution in [0.25, 0.3) is 0 Å². The van der Waals surface area contributed by atoms with Crippen molar-refractivity contribution in [2.24, 2.45) is 5.16 Å². The van der Waals surface area contributed by atoms with Crippen LogP contribution >= 0.6 is 0 Å². The van der Waals surface area contributed by atoms with Gasteiger partial charge in [-0.2, -0.15) is 0 Å². The molecule has 1 aliphatic rings. The number of nitrogens with zero attached hydrogens (tertiary/aromatic N) is 3. The molecule has 34 heavy (non-hydrogen) atoms. The minimum absolute atomic E-state index is 0.0981. The summed E-state index contributed by atoms with van der Waals surface area (Å²) in [6, 6.07) is 16.2. The van der Waals surface area contributed by atoms with Crippen molar-refractivity contribution in [3.8, 4) is 5.75 Å². The zero-order chi connectivity index (χ0) is 23.8. The van der Waals surface area contributed by atoms with Gasteiger partial charge in [0.15, 0.2) is 6.61 Å². The molecule has 0 saturated heterocycles. The number of fused-ring (bicyclic) bond motifs is 1. The van der Waals surface area contributed by atoms with E-state index in [2.05, 4.69) is 47.5 Å². The number of hydrogen-bond acceptors (Lipinski definition) is 5. The number of aromatic nitrogens is 2. The quantitative estimate of drug-likeness (QED) is 0.462. The van der Waals surface area contributed by atoms with E-state index in [0.29, 0.717) is 13.2 Å². The number of benzene rings is 2. The van der Waals surface area contributed by atoms with Gasteiger partial charge in [0.1, 0.15) is 12.4 Å². The fraction of sp³-hybridized carbons (Fsp3) is 0.370. The van der Waals surface area contributed by atoms with E-state index in [1.807, 2.05) is 41.1 Å². The lowest BCUT2D eigenvalue weighted by Gasteiger charge is -2.25. The summed E-state index contributed by atoms with van der Waals surface area (Å²) in [5, 5.41) is 7.26. The number of aryl methyl sites for hydroxylation is 1. The third kappa shape index (κ3) is 6.25. The maximum absolute atomic E-state index is 12.3. The van der Waals surface area contributed by atoms with Crippen molar-refractivity contribution >= 4 is 11.6 Å². The molecule has 7 heteroatoms. The summed E-state index contributed by atoms with van der Waals surface area (Å²) in [5.74, 6) is 0.674. The van der Waals surface area contributed by atoms with E-state index in [-0.39, 0.29) is 17.9 Å². The van der Waals surface area contributed by atoms with Crippen LogP contribution in [0.4, 0.5) is 0 Å². The third-order valence-electron chi connectivity index (χ3n) is 6.08. The normalized spacial score (nSPS) is 14.5. The van der Waals surface area contributed by atoms with Crippen molar-refractivity contribution in [2.45, 2.75) is 45.1 Å². The van der Waals surface area contributed by atoms with Crippen molar-refractivity contribution in [3.63, 3.8) is 0 Å².